The topological polar surface area (TPSA) is 108 Å². The summed E-state index contributed by atoms with van der Waals surface area (Å²) in [6, 6.07) is 17.4. The molecule has 0 aromatic heterocycles. The molecule has 2 aromatic carbocycles. The molecule has 2 amide bonds. The normalized spacial score (nSPS) is 17.4. The predicted octanol–water partition coefficient (Wildman–Crippen LogP) is 4.83. The second-order valence-corrected chi connectivity index (χ2v) is 10.3. The lowest BCUT2D eigenvalue weighted by molar-refractivity contribution is -0.137. The predicted molar refractivity (Wildman–Crippen MR) is 144 cm³/mol. The third-order valence-electron chi connectivity index (χ3n) is 7.34. The van der Waals surface area contributed by atoms with Gasteiger partial charge in [-0.05, 0) is 61.8 Å². The minimum Gasteiger partial charge on any atom is -0.481 e. The Bertz CT molecular complexity index is 1130. The van der Waals surface area contributed by atoms with Gasteiger partial charge in [-0.2, -0.15) is 0 Å². The summed E-state index contributed by atoms with van der Waals surface area (Å²) in [5, 5.41) is 17.9. The number of carbonyl (C=O) groups excluding carboxylic acids is 2. The van der Waals surface area contributed by atoms with Crippen LogP contribution in [0.3, 0.4) is 0 Å². The number of carboxylic acid groups (broad SMARTS) is 1. The van der Waals surface area contributed by atoms with E-state index in [9.17, 15) is 14.4 Å². The van der Waals surface area contributed by atoms with Crippen molar-refractivity contribution in [1.29, 1.82) is 0 Å². The van der Waals surface area contributed by atoms with E-state index >= 15 is 0 Å². The van der Waals surface area contributed by atoms with Gasteiger partial charge in [0.25, 0.3) is 5.91 Å². The highest BCUT2D eigenvalue weighted by molar-refractivity contribution is 5.97. The van der Waals surface area contributed by atoms with Crippen LogP contribution in [0, 0.1) is 5.92 Å². The maximum absolute atomic E-state index is 13.4. The Hall–Kier alpha value is -3.68. The Balaban J connectivity index is 1.42. The van der Waals surface area contributed by atoms with Crippen molar-refractivity contribution in [1.82, 2.24) is 10.3 Å². The van der Waals surface area contributed by atoms with Crippen LogP contribution in [0.2, 0.25) is 0 Å². The summed E-state index contributed by atoms with van der Waals surface area (Å²) in [6.07, 6.45) is 6.65. The van der Waals surface area contributed by atoms with Gasteiger partial charge in [0.15, 0.2) is 6.61 Å². The van der Waals surface area contributed by atoms with Gasteiger partial charge in [-0.1, -0.05) is 61.7 Å². The van der Waals surface area contributed by atoms with Gasteiger partial charge >= 0.3 is 5.97 Å². The van der Waals surface area contributed by atoms with Crippen molar-refractivity contribution < 1.29 is 24.2 Å². The first-order chi connectivity index (χ1) is 18.4. The third-order valence-corrected chi connectivity index (χ3v) is 7.34. The van der Waals surface area contributed by atoms with E-state index in [1.807, 2.05) is 61.5 Å². The Kier molecular flexibility index (Phi) is 9.51. The first kappa shape index (κ1) is 27.4. The smallest absolute Gasteiger partial charge is 0.303 e. The van der Waals surface area contributed by atoms with Crippen LogP contribution in [-0.2, 0) is 25.7 Å². The Morgan fingerprint density at radius 1 is 1.08 bits per heavy atom. The average molecular weight is 520 g/mol. The molecule has 1 aliphatic heterocycles. The molecule has 0 spiro atoms. The quantitative estimate of drug-likeness (QED) is 0.391. The van der Waals surface area contributed by atoms with E-state index in [1.165, 1.54) is 5.01 Å². The van der Waals surface area contributed by atoms with Gasteiger partial charge in [0.05, 0.1) is 12.5 Å². The van der Waals surface area contributed by atoms with Crippen LogP contribution in [0.5, 0.6) is 0 Å². The number of hydrogen-bond acceptors (Lipinski definition) is 5. The molecule has 8 heteroatoms. The average Bonchev–Trinajstić information content (AvgIpc) is 3.44. The number of amides is 2. The first-order valence-electron chi connectivity index (χ1n) is 13.6. The van der Waals surface area contributed by atoms with Gasteiger partial charge in [0.1, 0.15) is 0 Å². The van der Waals surface area contributed by atoms with Crippen molar-refractivity contribution in [2.45, 2.75) is 76.8 Å². The van der Waals surface area contributed by atoms with Crippen molar-refractivity contribution >= 4 is 23.7 Å². The Morgan fingerprint density at radius 2 is 1.79 bits per heavy atom. The number of carbonyl (C=O) groups is 3. The van der Waals surface area contributed by atoms with Crippen molar-refractivity contribution in [3.05, 3.63) is 71.3 Å². The molecule has 38 heavy (non-hydrogen) atoms. The lowest BCUT2D eigenvalue weighted by Crippen LogP contribution is -2.38. The minimum absolute atomic E-state index is 0.0107. The highest BCUT2D eigenvalue weighted by Gasteiger charge is 2.32. The van der Waals surface area contributed by atoms with E-state index < -0.39 is 5.97 Å². The molecule has 2 aliphatic rings. The van der Waals surface area contributed by atoms with Gasteiger partial charge in [-0.15, -0.1) is 5.10 Å². The van der Waals surface area contributed by atoms with Crippen LogP contribution in [0.4, 0.5) is 0 Å². The van der Waals surface area contributed by atoms with Crippen LogP contribution in [0.1, 0.15) is 80.9 Å². The van der Waals surface area contributed by atoms with E-state index in [1.54, 1.807) is 0 Å². The number of nitrogens with one attached hydrogen (secondary N) is 1. The molecule has 1 saturated carbocycles. The fourth-order valence-electron chi connectivity index (χ4n) is 5.31. The molecule has 1 aliphatic carbocycles. The second kappa shape index (κ2) is 13.2. The molecule has 2 aromatic rings. The van der Waals surface area contributed by atoms with Crippen molar-refractivity contribution in [3.63, 3.8) is 0 Å². The van der Waals surface area contributed by atoms with Crippen LogP contribution in [0.25, 0.3) is 0 Å². The minimum atomic E-state index is -0.784. The number of aliphatic carboxylic acids is 1. The molecule has 2 N–H and O–H groups in total. The molecule has 2 atom stereocenters. The molecular weight excluding hydrogens is 482 g/mol. The maximum Gasteiger partial charge on any atom is 0.303 e. The molecule has 0 saturated heterocycles. The van der Waals surface area contributed by atoms with Crippen molar-refractivity contribution in [3.8, 4) is 0 Å². The molecule has 1 fully saturated rings. The number of benzene rings is 2. The van der Waals surface area contributed by atoms with Gasteiger partial charge in [0, 0.05) is 18.0 Å². The van der Waals surface area contributed by atoms with E-state index in [2.05, 4.69) is 10.4 Å². The molecule has 0 bridgehead atoms. The van der Waals surface area contributed by atoms with Gasteiger partial charge in [-0.25, -0.2) is 5.01 Å². The van der Waals surface area contributed by atoms with Crippen LogP contribution in [-0.4, -0.2) is 46.4 Å². The summed E-state index contributed by atoms with van der Waals surface area (Å²) >= 11 is 0. The van der Waals surface area contributed by atoms with E-state index in [4.69, 9.17) is 9.84 Å². The van der Waals surface area contributed by atoms with E-state index in [0.717, 1.165) is 55.2 Å². The number of rotatable bonds is 12. The summed E-state index contributed by atoms with van der Waals surface area (Å²) in [6.45, 7) is 2.26. The number of hydrazone groups is 1. The number of nitrogens with zero attached hydrogens (tertiary/aromatic N) is 2. The third kappa shape index (κ3) is 7.43. The maximum atomic E-state index is 13.4. The lowest BCUT2D eigenvalue weighted by atomic mass is 9.83. The van der Waals surface area contributed by atoms with Gasteiger partial charge < -0.3 is 15.2 Å². The monoisotopic (exact) mass is 519 g/mol. The van der Waals surface area contributed by atoms with E-state index in [0.29, 0.717) is 24.8 Å². The summed E-state index contributed by atoms with van der Waals surface area (Å²) in [7, 11) is 0. The summed E-state index contributed by atoms with van der Waals surface area (Å²) < 4.78 is 5.54. The number of unbranched alkanes of at least 4 members (excludes halogenated alkanes) is 1. The standard InChI is InChI=1S/C30H37N3O5/c1-21(9-5-8-14-27(35)36)31-29(37)28(23-10-6-7-11-23)24-17-15-22(16-18-24)19-33-26(34)20-38-30(32-33)25-12-3-2-4-13-25/h2-4,12-13,15-18,21,23,28H,5-11,14,19-20H2,1H3,(H,31,37)(H,35,36)/t21-,28?/m0/s1. The summed E-state index contributed by atoms with van der Waals surface area (Å²) in [5.41, 5.74) is 2.73. The molecule has 202 valence electrons. The molecule has 8 nitrogen and oxygen atoms in total. The fourth-order valence-corrected chi connectivity index (χ4v) is 5.31. The fraction of sp³-hybridized carbons (Fsp3) is 0.467. The largest absolute Gasteiger partial charge is 0.481 e. The Labute approximate surface area is 224 Å². The molecule has 1 unspecified atom stereocenters. The molecule has 1 heterocycles. The van der Waals surface area contributed by atoms with Crippen LogP contribution < -0.4 is 5.32 Å². The zero-order valence-electron chi connectivity index (χ0n) is 22.0. The lowest BCUT2D eigenvalue weighted by Gasteiger charge is -2.26. The summed E-state index contributed by atoms with van der Waals surface area (Å²) in [5.74, 6) is -0.436. The first-order valence-corrected chi connectivity index (χ1v) is 13.6. The number of hydrogen-bond donors (Lipinski definition) is 2. The zero-order valence-corrected chi connectivity index (χ0v) is 22.0. The zero-order chi connectivity index (χ0) is 26.9. The van der Waals surface area contributed by atoms with Crippen LogP contribution in [0.15, 0.2) is 59.7 Å². The molecule has 4 rings (SSSR count). The SMILES string of the molecule is C[C@@H](CCCCC(=O)O)NC(=O)C(c1ccc(CN2N=C(c3ccccc3)OCC2=O)cc1)C1CCCC1. The molecule has 0 radical (unpaired) electrons. The van der Waals surface area contributed by atoms with Gasteiger partial charge in [-0.3, -0.25) is 14.4 Å². The Morgan fingerprint density at radius 3 is 2.47 bits per heavy atom. The highest BCUT2D eigenvalue weighted by Crippen LogP contribution is 2.38. The van der Waals surface area contributed by atoms with Crippen molar-refractivity contribution in [2.75, 3.05) is 6.61 Å². The number of carboxylic acids is 1. The highest BCUT2D eigenvalue weighted by atomic mass is 16.5. The van der Waals surface area contributed by atoms with E-state index in [-0.39, 0.29) is 36.8 Å². The second-order valence-electron chi connectivity index (χ2n) is 10.3. The summed E-state index contributed by atoms with van der Waals surface area (Å²) in [4.78, 5) is 36.6. The molecular formula is C30H37N3O5. The van der Waals surface area contributed by atoms with Gasteiger partial charge in [0.2, 0.25) is 11.8 Å². The number of ether oxygens (including phenoxy) is 1. The van der Waals surface area contributed by atoms with Crippen LogP contribution >= 0.6 is 0 Å². The van der Waals surface area contributed by atoms with Crippen molar-refractivity contribution in [2.24, 2.45) is 11.0 Å².